The van der Waals surface area contributed by atoms with Crippen LogP contribution < -0.4 is 4.46 Å². The fourth-order valence-corrected chi connectivity index (χ4v) is 6.96. The standard InChI is InChI=1S/C30H26OSe/c1-22-17-19-23(20-18-22)27-21-28(27)29(32-26-15-9-4-10-16-26)30(31,24-11-5-2-6-12-24)25-13-7-3-8-14-25/h2-20,27,31H,21H2,1H3/b29-28+/t27-/m0/s1. The molecule has 4 aromatic carbocycles. The van der Waals surface area contributed by atoms with Crippen LogP contribution in [0.2, 0.25) is 0 Å². The third-order valence-corrected chi connectivity index (χ3v) is 8.79. The summed E-state index contributed by atoms with van der Waals surface area (Å²) in [5.74, 6) is 0.384. The van der Waals surface area contributed by atoms with E-state index in [2.05, 4.69) is 85.8 Å². The zero-order chi connectivity index (χ0) is 22.0. The fraction of sp³-hybridized carbons (Fsp3) is 0.133. The zero-order valence-electron chi connectivity index (χ0n) is 18.1. The molecule has 0 heterocycles. The first-order valence-corrected chi connectivity index (χ1v) is 12.7. The van der Waals surface area contributed by atoms with Gasteiger partial charge in [-0.05, 0) is 0 Å². The van der Waals surface area contributed by atoms with Crippen LogP contribution >= 0.6 is 0 Å². The van der Waals surface area contributed by atoms with Crippen LogP contribution in [0.1, 0.15) is 34.6 Å². The van der Waals surface area contributed by atoms with Gasteiger partial charge in [0.05, 0.1) is 0 Å². The average molecular weight is 481 g/mol. The summed E-state index contributed by atoms with van der Waals surface area (Å²) >= 11 is -0.00350. The first-order valence-electron chi connectivity index (χ1n) is 11.0. The van der Waals surface area contributed by atoms with E-state index in [0.29, 0.717) is 5.92 Å². The number of benzene rings is 4. The molecule has 0 saturated heterocycles. The second-order valence-corrected chi connectivity index (χ2v) is 10.7. The van der Waals surface area contributed by atoms with Crippen LogP contribution in [0.4, 0.5) is 0 Å². The van der Waals surface area contributed by atoms with Gasteiger partial charge in [-0.15, -0.1) is 0 Å². The molecule has 4 aromatic rings. The van der Waals surface area contributed by atoms with Crippen molar-refractivity contribution in [1.29, 1.82) is 0 Å². The fourth-order valence-electron chi connectivity index (χ4n) is 4.30. The molecule has 1 fully saturated rings. The second kappa shape index (κ2) is 8.92. The Balaban J connectivity index is 1.68. The van der Waals surface area contributed by atoms with E-state index in [0.717, 1.165) is 17.5 Å². The third kappa shape index (κ3) is 4.10. The van der Waals surface area contributed by atoms with Gasteiger partial charge in [0.25, 0.3) is 0 Å². The predicted molar refractivity (Wildman–Crippen MR) is 133 cm³/mol. The van der Waals surface area contributed by atoms with Crippen molar-refractivity contribution in [1.82, 2.24) is 0 Å². The van der Waals surface area contributed by atoms with Crippen molar-refractivity contribution in [3.8, 4) is 0 Å². The maximum atomic E-state index is 12.6. The van der Waals surface area contributed by atoms with Crippen molar-refractivity contribution in [2.75, 3.05) is 0 Å². The van der Waals surface area contributed by atoms with E-state index in [1.165, 1.54) is 25.6 Å². The van der Waals surface area contributed by atoms with Gasteiger partial charge in [0.1, 0.15) is 0 Å². The SMILES string of the molecule is Cc1ccc([C@@H]2C/C2=C(\[Se]c2ccccc2)C(O)(c2ccccc2)c2ccccc2)cc1. The molecule has 0 unspecified atom stereocenters. The summed E-state index contributed by atoms with van der Waals surface area (Å²) < 4.78 is 2.45. The van der Waals surface area contributed by atoms with Gasteiger partial charge in [-0.3, -0.25) is 0 Å². The molecule has 1 aliphatic rings. The Kier molecular flexibility index (Phi) is 5.85. The molecule has 1 saturated carbocycles. The summed E-state index contributed by atoms with van der Waals surface area (Å²) in [6, 6.07) is 39.8. The Labute approximate surface area is 196 Å². The van der Waals surface area contributed by atoms with Gasteiger partial charge in [0.15, 0.2) is 0 Å². The molecule has 1 nitrogen and oxygen atoms in total. The molecule has 0 amide bonds. The van der Waals surface area contributed by atoms with Crippen molar-refractivity contribution in [3.63, 3.8) is 0 Å². The molecule has 0 aliphatic heterocycles. The molecule has 0 aromatic heterocycles. The van der Waals surface area contributed by atoms with E-state index in [-0.39, 0.29) is 15.0 Å². The van der Waals surface area contributed by atoms with Crippen molar-refractivity contribution >= 4 is 19.4 Å². The van der Waals surface area contributed by atoms with E-state index in [1.807, 2.05) is 36.4 Å². The second-order valence-electron chi connectivity index (χ2n) is 8.38. The van der Waals surface area contributed by atoms with Gasteiger partial charge in [-0.1, -0.05) is 0 Å². The van der Waals surface area contributed by atoms with Gasteiger partial charge in [0, 0.05) is 0 Å². The van der Waals surface area contributed by atoms with E-state index >= 15 is 0 Å². The molecular formula is C30H26OSe. The van der Waals surface area contributed by atoms with E-state index in [9.17, 15) is 5.11 Å². The van der Waals surface area contributed by atoms with Crippen LogP contribution in [0.3, 0.4) is 0 Å². The monoisotopic (exact) mass is 482 g/mol. The van der Waals surface area contributed by atoms with Crippen molar-refractivity contribution < 1.29 is 5.11 Å². The summed E-state index contributed by atoms with van der Waals surface area (Å²) in [5, 5.41) is 12.6. The van der Waals surface area contributed by atoms with E-state index in [1.54, 1.807) is 0 Å². The molecule has 158 valence electrons. The van der Waals surface area contributed by atoms with E-state index < -0.39 is 5.60 Å². The molecule has 1 N–H and O–H groups in total. The van der Waals surface area contributed by atoms with E-state index in [4.69, 9.17) is 0 Å². The van der Waals surface area contributed by atoms with Crippen molar-refractivity contribution in [2.24, 2.45) is 0 Å². The normalized spacial score (nSPS) is 17.1. The number of aryl methyl sites for hydroxylation is 1. The summed E-state index contributed by atoms with van der Waals surface area (Å²) in [5.41, 5.74) is 4.72. The van der Waals surface area contributed by atoms with Gasteiger partial charge >= 0.3 is 197 Å². The summed E-state index contributed by atoms with van der Waals surface area (Å²) in [6.45, 7) is 2.13. The Morgan fingerprint density at radius 1 is 0.719 bits per heavy atom. The van der Waals surface area contributed by atoms with Crippen LogP contribution in [-0.2, 0) is 5.60 Å². The van der Waals surface area contributed by atoms with Crippen molar-refractivity contribution in [3.05, 3.63) is 148 Å². The summed E-state index contributed by atoms with van der Waals surface area (Å²) in [6.07, 6.45) is 1.01. The molecule has 5 rings (SSSR count). The molecule has 2 heteroatoms. The van der Waals surface area contributed by atoms with Gasteiger partial charge in [0.2, 0.25) is 0 Å². The average Bonchev–Trinajstić information content (AvgIpc) is 3.65. The molecule has 0 spiro atoms. The number of aliphatic hydroxyl groups is 1. The summed E-state index contributed by atoms with van der Waals surface area (Å²) in [4.78, 5) is 0. The topological polar surface area (TPSA) is 20.2 Å². The van der Waals surface area contributed by atoms with Gasteiger partial charge in [-0.2, -0.15) is 0 Å². The van der Waals surface area contributed by atoms with Crippen LogP contribution in [0.25, 0.3) is 0 Å². The quantitative estimate of drug-likeness (QED) is 0.350. The number of rotatable bonds is 6. The minimum atomic E-state index is -1.15. The van der Waals surface area contributed by atoms with Gasteiger partial charge < -0.3 is 0 Å². The molecule has 0 radical (unpaired) electrons. The molecule has 1 atom stereocenters. The van der Waals surface area contributed by atoms with Crippen LogP contribution in [0.15, 0.2) is 125 Å². The van der Waals surface area contributed by atoms with Crippen LogP contribution in [0, 0.1) is 6.92 Å². The Morgan fingerprint density at radius 3 is 1.75 bits per heavy atom. The Bertz CT molecular complexity index is 1170. The maximum absolute atomic E-state index is 12.6. The number of allylic oxidation sites excluding steroid dienone is 1. The minimum absolute atomic E-state index is 0.00350. The zero-order valence-corrected chi connectivity index (χ0v) is 19.8. The third-order valence-electron chi connectivity index (χ3n) is 6.13. The molecule has 0 bridgehead atoms. The first kappa shape index (κ1) is 21.0. The van der Waals surface area contributed by atoms with Crippen LogP contribution in [0.5, 0.6) is 0 Å². The summed E-state index contributed by atoms with van der Waals surface area (Å²) in [7, 11) is 0. The predicted octanol–water partition coefficient (Wildman–Crippen LogP) is 5.70. The molecule has 32 heavy (non-hydrogen) atoms. The first-order chi connectivity index (χ1) is 15.7. The molecule has 1 aliphatic carbocycles. The van der Waals surface area contributed by atoms with Crippen LogP contribution in [-0.4, -0.2) is 20.1 Å². The molecular weight excluding hydrogens is 455 g/mol. The number of hydrogen-bond acceptors (Lipinski definition) is 1. The van der Waals surface area contributed by atoms with Crippen molar-refractivity contribution in [2.45, 2.75) is 24.9 Å². The Hall–Kier alpha value is -2.90. The van der Waals surface area contributed by atoms with Gasteiger partial charge in [-0.25, -0.2) is 0 Å². The Morgan fingerprint density at radius 2 is 1.22 bits per heavy atom. The number of hydrogen-bond donors (Lipinski definition) is 1.